The Balaban J connectivity index is 2.23. The lowest BCUT2D eigenvalue weighted by Crippen LogP contribution is -2.05. The van der Waals surface area contributed by atoms with Crippen LogP contribution in [0, 0.1) is 10.1 Å². The van der Waals surface area contributed by atoms with E-state index in [0.29, 0.717) is 10.9 Å². The van der Waals surface area contributed by atoms with Crippen molar-refractivity contribution in [1.29, 1.82) is 0 Å². The van der Waals surface area contributed by atoms with Gasteiger partial charge in [-0.3, -0.25) is 14.9 Å². The van der Waals surface area contributed by atoms with Crippen molar-refractivity contribution in [1.82, 2.24) is 0 Å². The maximum atomic E-state index is 12.0. The van der Waals surface area contributed by atoms with E-state index in [9.17, 15) is 29.9 Å². The van der Waals surface area contributed by atoms with Gasteiger partial charge in [-0.2, -0.15) is 0 Å². The fraction of sp³-hybridized carbons (Fsp3) is 0. The number of carboxylic acid groups (broad SMARTS) is 1. The summed E-state index contributed by atoms with van der Waals surface area (Å²) in [6.45, 7) is 0. The summed E-state index contributed by atoms with van der Waals surface area (Å²) in [5, 5.41) is 30.9. The van der Waals surface area contributed by atoms with E-state index in [1.807, 2.05) is 0 Å². The van der Waals surface area contributed by atoms with E-state index < -0.39 is 22.0 Å². The molecule has 30 heavy (non-hydrogen) atoms. The molecule has 150 valence electrons. The molecule has 10 heteroatoms. The highest BCUT2D eigenvalue weighted by molar-refractivity contribution is 6.33. The van der Waals surface area contributed by atoms with Crippen molar-refractivity contribution in [2.24, 2.45) is 0 Å². The van der Waals surface area contributed by atoms with Gasteiger partial charge in [0.1, 0.15) is 17.1 Å². The molecule has 2 N–H and O–H groups in total. The highest BCUT2D eigenvalue weighted by Crippen LogP contribution is 2.44. The van der Waals surface area contributed by atoms with E-state index >= 15 is 0 Å². The van der Waals surface area contributed by atoms with Crippen molar-refractivity contribution in [3.63, 3.8) is 0 Å². The predicted octanol–water partition coefficient (Wildman–Crippen LogP) is 5.18. The molecule has 2 aliphatic rings. The summed E-state index contributed by atoms with van der Waals surface area (Å²) >= 11 is 12.0. The van der Waals surface area contributed by atoms with Crippen LogP contribution in [0.1, 0.15) is 10.4 Å². The van der Waals surface area contributed by atoms with Gasteiger partial charge in [-0.05, 0) is 23.8 Å². The molecule has 1 aliphatic heterocycles. The van der Waals surface area contributed by atoms with Gasteiger partial charge in [-0.15, -0.1) is 0 Å². The molecule has 1 aliphatic carbocycles. The molecule has 0 radical (unpaired) electrons. The number of phenolic OH excluding ortho intramolecular Hbond substituents is 1. The number of nitrogens with zero attached hydrogens (tertiary/aromatic N) is 1. The van der Waals surface area contributed by atoms with E-state index in [2.05, 4.69) is 0 Å². The minimum absolute atomic E-state index is 0.0244. The van der Waals surface area contributed by atoms with Crippen LogP contribution < -0.4 is 5.43 Å². The minimum Gasteiger partial charge on any atom is -0.506 e. The summed E-state index contributed by atoms with van der Waals surface area (Å²) in [5.74, 6) is -1.59. The second-order valence-electron chi connectivity index (χ2n) is 6.35. The Morgan fingerprint density at radius 3 is 2.43 bits per heavy atom. The van der Waals surface area contributed by atoms with Gasteiger partial charge in [0.2, 0.25) is 5.43 Å². The zero-order valence-electron chi connectivity index (χ0n) is 14.7. The molecule has 2 aromatic carbocycles. The van der Waals surface area contributed by atoms with Crippen LogP contribution in [0.4, 0.5) is 5.69 Å². The molecule has 0 saturated carbocycles. The highest BCUT2D eigenvalue weighted by atomic mass is 35.5. The van der Waals surface area contributed by atoms with Gasteiger partial charge in [0, 0.05) is 40.8 Å². The van der Waals surface area contributed by atoms with Crippen molar-refractivity contribution in [2.75, 3.05) is 0 Å². The van der Waals surface area contributed by atoms with Gasteiger partial charge in [-0.25, -0.2) is 4.79 Å². The van der Waals surface area contributed by atoms with E-state index in [1.54, 1.807) is 0 Å². The Morgan fingerprint density at radius 1 is 1.03 bits per heavy atom. The first-order chi connectivity index (χ1) is 14.2. The second-order valence-corrected chi connectivity index (χ2v) is 7.16. The van der Waals surface area contributed by atoms with Crippen LogP contribution in [0.25, 0.3) is 33.4 Å². The summed E-state index contributed by atoms with van der Waals surface area (Å²) in [4.78, 5) is 34.3. The number of non-ortho nitro benzene ring substituents is 1. The number of nitro groups is 1. The lowest BCUT2D eigenvalue weighted by Gasteiger charge is -2.17. The third-order valence-corrected chi connectivity index (χ3v) is 5.15. The molecule has 0 atom stereocenters. The molecule has 0 unspecified atom stereocenters. The molecule has 0 spiro atoms. The summed E-state index contributed by atoms with van der Waals surface area (Å²) in [6, 6.07) is 8.45. The first-order valence-corrected chi connectivity index (χ1v) is 9.03. The fourth-order valence-corrected chi connectivity index (χ4v) is 3.56. The van der Waals surface area contributed by atoms with Crippen molar-refractivity contribution in [3.05, 3.63) is 78.4 Å². The summed E-state index contributed by atoms with van der Waals surface area (Å²) in [6.07, 6.45) is 0. The molecule has 4 rings (SSSR count). The van der Waals surface area contributed by atoms with Crippen molar-refractivity contribution >= 4 is 45.8 Å². The zero-order chi connectivity index (χ0) is 21.7. The summed E-state index contributed by atoms with van der Waals surface area (Å²) < 4.78 is 5.71. The Kier molecular flexibility index (Phi) is 4.60. The molecule has 0 bridgehead atoms. The van der Waals surface area contributed by atoms with Gasteiger partial charge < -0.3 is 14.6 Å². The molecule has 2 aromatic rings. The molecular formula is C20H9Cl2NO7. The SMILES string of the molecule is O=C(O)c1cc([N+](=O)[O-])ccc1-c1c2cc(Cl)c(=O)cc-2oc2cc(O)c(Cl)cc12. The molecule has 0 aromatic heterocycles. The number of aromatic hydroxyl groups is 1. The zero-order valence-corrected chi connectivity index (χ0v) is 16.2. The van der Waals surface area contributed by atoms with Crippen LogP contribution in [-0.2, 0) is 0 Å². The Hall–Kier alpha value is -3.62. The number of nitro benzene ring substituents is 1. The number of halogens is 2. The quantitative estimate of drug-likeness (QED) is 0.252. The van der Waals surface area contributed by atoms with Crippen LogP contribution in [0.2, 0.25) is 10.0 Å². The van der Waals surface area contributed by atoms with E-state index in [4.69, 9.17) is 27.6 Å². The minimum atomic E-state index is -1.40. The van der Waals surface area contributed by atoms with Crippen molar-refractivity contribution < 1.29 is 24.3 Å². The normalized spacial score (nSPS) is 11.1. The fourth-order valence-electron chi connectivity index (χ4n) is 3.23. The monoisotopic (exact) mass is 445 g/mol. The lowest BCUT2D eigenvalue weighted by atomic mass is 9.90. The van der Waals surface area contributed by atoms with Gasteiger partial charge in [0.25, 0.3) is 5.69 Å². The highest BCUT2D eigenvalue weighted by Gasteiger charge is 2.25. The molecule has 0 saturated heterocycles. The van der Waals surface area contributed by atoms with Gasteiger partial charge >= 0.3 is 5.97 Å². The average Bonchev–Trinajstić information content (AvgIpc) is 2.68. The van der Waals surface area contributed by atoms with E-state index in [1.165, 1.54) is 24.3 Å². The van der Waals surface area contributed by atoms with Crippen LogP contribution in [0.15, 0.2) is 51.7 Å². The summed E-state index contributed by atoms with van der Waals surface area (Å²) in [5.41, 5.74) is -0.442. The smallest absolute Gasteiger partial charge is 0.336 e. The van der Waals surface area contributed by atoms with Crippen molar-refractivity contribution in [2.45, 2.75) is 0 Å². The Morgan fingerprint density at radius 2 is 1.77 bits per heavy atom. The molecule has 1 heterocycles. The number of carboxylic acids is 1. The van der Waals surface area contributed by atoms with E-state index in [-0.39, 0.29) is 43.8 Å². The Labute approximate surface area is 177 Å². The largest absolute Gasteiger partial charge is 0.506 e. The third kappa shape index (κ3) is 3.12. The predicted molar refractivity (Wildman–Crippen MR) is 110 cm³/mol. The maximum absolute atomic E-state index is 12.0. The standard InChI is InChI=1S/C20H9Cl2NO7/c21-13-4-11-17(6-15(13)24)30-18-7-16(25)14(22)5-12(18)19(11)9-2-1-8(23(28)29)3-10(9)20(26)27/h1-7,24H,(H,26,27). The first-order valence-electron chi connectivity index (χ1n) is 8.28. The number of rotatable bonds is 3. The number of aromatic carboxylic acids is 1. The van der Waals surface area contributed by atoms with Crippen LogP contribution >= 0.6 is 23.2 Å². The molecule has 0 fully saturated rings. The average molecular weight is 446 g/mol. The second kappa shape index (κ2) is 7.01. The molecule has 0 amide bonds. The van der Waals surface area contributed by atoms with Gasteiger partial charge in [0.05, 0.1) is 20.5 Å². The van der Waals surface area contributed by atoms with Crippen molar-refractivity contribution in [3.8, 4) is 28.2 Å². The first kappa shape index (κ1) is 19.7. The number of phenols is 1. The maximum Gasteiger partial charge on any atom is 0.336 e. The van der Waals surface area contributed by atoms with Crippen LogP contribution in [-0.4, -0.2) is 21.1 Å². The van der Waals surface area contributed by atoms with Crippen LogP contribution in [0.3, 0.4) is 0 Å². The number of benzene rings is 3. The topological polar surface area (TPSA) is 131 Å². The number of hydrogen-bond acceptors (Lipinski definition) is 6. The van der Waals surface area contributed by atoms with Gasteiger partial charge in [-0.1, -0.05) is 23.2 Å². The van der Waals surface area contributed by atoms with E-state index in [0.717, 1.165) is 18.2 Å². The van der Waals surface area contributed by atoms with Crippen LogP contribution in [0.5, 0.6) is 5.75 Å². The van der Waals surface area contributed by atoms with Gasteiger partial charge in [0.15, 0.2) is 0 Å². The number of fused-ring (bicyclic) bond motifs is 2. The lowest BCUT2D eigenvalue weighted by molar-refractivity contribution is -0.384. The Bertz CT molecular complexity index is 1410. The molecule has 8 nitrogen and oxygen atoms in total. The molecular weight excluding hydrogens is 437 g/mol. The number of hydrogen-bond donors (Lipinski definition) is 2. The number of carbonyl (C=O) groups is 1. The third-order valence-electron chi connectivity index (χ3n) is 4.56. The summed E-state index contributed by atoms with van der Waals surface area (Å²) in [7, 11) is 0.